The van der Waals surface area contributed by atoms with Gasteiger partial charge in [0.25, 0.3) is 25.8 Å². The van der Waals surface area contributed by atoms with E-state index in [2.05, 4.69) is 71.5 Å². The fourth-order valence-electron chi connectivity index (χ4n) is 16.1. The number of anilines is 2. The maximum atomic E-state index is 14.4. The molecule has 0 spiro atoms. The predicted molar refractivity (Wildman–Crippen MR) is 451 cm³/mol. The molecule has 116 heavy (non-hydrogen) atoms. The van der Waals surface area contributed by atoms with Gasteiger partial charge in [0.05, 0.1) is 52.0 Å². The van der Waals surface area contributed by atoms with Crippen LogP contribution in [0, 0.1) is 17.8 Å². The van der Waals surface area contributed by atoms with Crippen LogP contribution in [-0.4, -0.2) is 246 Å². The van der Waals surface area contributed by atoms with Gasteiger partial charge in [-0.15, -0.1) is 23.1 Å². The Hall–Kier alpha value is -7.49. The van der Waals surface area contributed by atoms with E-state index in [0.29, 0.717) is 102 Å². The minimum absolute atomic E-state index is 0.000132. The Labute approximate surface area is 694 Å². The summed E-state index contributed by atoms with van der Waals surface area (Å²) in [5.74, 6) is -1.60. The molecule has 23 nitrogen and oxygen atoms in total. The lowest BCUT2D eigenvalue weighted by atomic mass is 9.71. The van der Waals surface area contributed by atoms with Gasteiger partial charge in [-0.2, -0.15) is 13.2 Å². The Morgan fingerprint density at radius 3 is 2.09 bits per heavy atom. The standard InChI is InChI=1S/C85H112ClF3N12O11S4/c1-59(61-19-21-63(22-20-61)78-60(2)90-58-114-78)91-81(106)74-51-69(102)55-101(74)82(107)79(83(3,4)5)93-76(103)17-13-8-9-14-18-77(104)100-45-39-97(40-46-100)38-37-95(7)57-84(6)35-33-72(62-23-27-66(86)28-24-62)65(53-84)54-98-41-43-99(44-42-98)68-29-25-64(26-30-68)80(105)94-116(110,111)71-31-32-73(75(52-71)115(108,109)85(87,88)89)92-67(34-36-96-47-49-112-50-48-96)56-113-70-15-11-10-12-16-70/h10-12,15-16,19-32,52,58-59,67,69,74,79,92,102H,8-9,13-14,17-18,33-51,53-57H2,1-7H3,(H,91,106)(H,93,103)(H,94,105)/t59-,67+,69+,74-,79+,84?/m0/s1. The number of rotatable bonds is 34. The lowest BCUT2D eigenvalue weighted by Crippen LogP contribution is -2.57. The molecule has 4 fully saturated rings. The Kier molecular flexibility index (Phi) is 30.8. The number of likely N-dealkylation sites (N-methyl/N-ethyl adjacent to an activating group) is 1. The summed E-state index contributed by atoms with van der Waals surface area (Å²) >= 11 is 9.42. The highest BCUT2D eigenvalue weighted by molar-refractivity contribution is 7.99. The van der Waals surface area contributed by atoms with E-state index >= 15 is 0 Å². The maximum Gasteiger partial charge on any atom is 0.501 e. The van der Waals surface area contributed by atoms with Crippen molar-refractivity contribution in [2.75, 3.05) is 141 Å². The summed E-state index contributed by atoms with van der Waals surface area (Å²) < 4.78 is 105. The Balaban J connectivity index is 0.601. The molecule has 5 aromatic carbocycles. The average molecular weight is 1700 g/mol. The number of sulfonamides is 1. The van der Waals surface area contributed by atoms with Crippen molar-refractivity contribution in [3.63, 3.8) is 0 Å². The number of aromatic nitrogens is 1. The number of alkyl halides is 3. The monoisotopic (exact) mass is 1700 g/mol. The van der Waals surface area contributed by atoms with Crippen LogP contribution >= 0.6 is 34.7 Å². The molecule has 1 unspecified atom stereocenters. The molecule has 4 aliphatic heterocycles. The van der Waals surface area contributed by atoms with E-state index in [9.17, 15) is 59.1 Å². The number of ether oxygens (including phenoxy) is 1. The van der Waals surface area contributed by atoms with Crippen molar-refractivity contribution in [3.05, 3.63) is 160 Å². The summed E-state index contributed by atoms with van der Waals surface area (Å²) in [4.78, 5) is 88.0. The normalized spacial score (nSPS) is 19.9. The molecular weight excluding hydrogens is 1590 g/mol. The number of aliphatic hydroxyl groups is 1. The van der Waals surface area contributed by atoms with E-state index in [-0.39, 0.29) is 54.1 Å². The third-order valence-corrected chi connectivity index (χ3v) is 28.1. The smallest absolute Gasteiger partial charge is 0.391 e. The zero-order valence-electron chi connectivity index (χ0n) is 67.5. The Bertz CT molecular complexity index is 4600. The number of piperazine rings is 2. The quantitative estimate of drug-likeness (QED) is 0.0186. The summed E-state index contributed by atoms with van der Waals surface area (Å²) in [7, 11) is -8.82. The highest BCUT2D eigenvalue weighted by Gasteiger charge is 2.49. The first-order valence-corrected chi connectivity index (χ1v) is 45.5. The van der Waals surface area contributed by atoms with Crippen LogP contribution in [0.2, 0.25) is 5.02 Å². The van der Waals surface area contributed by atoms with Crippen molar-refractivity contribution in [2.45, 2.75) is 163 Å². The molecule has 31 heteroatoms. The number of hydrogen-bond donors (Lipinski definition) is 5. The van der Waals surface area contributed by atoms with E-state index in [4.69, 9.17) is 16.3 Å². The number of morpholine rings is 1. The molecule has 0 radical (unpaired) electrons. The molecule has 6 aromatic rings. The number of aryl methyl sites for hydroxylation is 1. The molecular formula is C85H112ClF3N12O11S4. The first kappa shape index (κ1) is 89.3. The number of halogens is 4. The van der Waals surface area contributed by atoms with E-state index < -0.39 is 82.3 Å². The van der Waals surface area contributed by atoms with Crippen LogP contribution in [0.3, 0.4) is 0 Å². The summed E-state index contributed by atoms with van der Waals surface area (Å²) in [6.07, 6.45) is 5.94. The Morgan fingerprint density at radius 1 is 0.784 bits per heavy atom. The first-order valence-electron chi connectivity index (χ1n) is 40.3. The van der Waals surface area contributed by atoms with Gasteiger partial charge in [0.2, 0.25) is 23.6 Å². The van der Waals surface area contributed by atoms with Crippen LogP contribution in [0.15, 0.2) is 147 Å². The van der Waals surface area contributed by atoms with Gasteiger partial charge in [-0.25, -0.2) is 26.5 Å². The van der Waals surface area contributed by atoms with E-state index in [0.717, 1.165) is 129 Å². The number of nitrogens with zero attached hydrogens (tertiary/aromatic N) is 8. The highest BCUT2D eigenvalue weighted by Crippen LogP contribution is 2.45. The molecule has 0 saturated carbocycles. The molecule has 0 bridgehead atoms. The number of sulfone groups is 1. The van der Waals surface area contributed by atoms with E-state index in [1.807, 2.05) is 116 Å². The number of thiazole rings is 1. The van der Waals surface area contributed by atoms with Crippen molar-refractivity contribution in [1.29, 1.82) is 0 Å². The van der Waals surface area contributed by atoms with Gasteiger partial charge in [0.15, 0.2) is 0 Å². The topological polar surface area (TPSA) is 267 Å². The molecule has 1 aliphatic carbocycles. The van der Waals surface area contributed by atoms with Gasteiger partial charge < -0.3 is 45.4 Å². The van der Waals surface area contributed by atoms with E-state index in [1.165, 1.54) is 45.5 Å². The van der Waals surface area contributed by atoms with Crippen molar-refractivity contribution >= 4 is 101 Å². The average Bonchev–Trinajstić information content (AvgIpc) is 0.980. The zero-order chi connectivity index (χ0) is 83.1. The van der Waals surface area contributed by atoms with Gasteiger partial charge in [0, 0.05) is 157 Å². The number of carbonyl (C=O) groups is 5. The summed E-state index contributed by atoms with van der Waals surface area (Å²) in [5.41, 5.74) is 2.50. The third kappa shape index (κ3) is 24.2. The van der Waals surface area contributed by atoms with Crippen LogP contribution in [0.25, 0.3) is 16.0 Å². The van der Waals surface area contributed by atoms with Gasteiger partial charge in [0.1, 0.15) is 17.0 Å². The SMILES string of the molecule is Cc1ncsc1-c1ccc([C@H](C)NC(=O)[C@@H]2C[C@@H](O)CN2C(=O)[C@@H](NC(=O)CCCCCCC(=O)N2CCN(CCN(C)CC3(C)CCC(c4ccc(Cl)cc4)=C(CN4CCN(c5ccc(C(=O)NS(=O)(=O)c6ccc(N[C@H](CCN7CCOCC7)CSc7ccccc7)c(S(=O)(=O)C(F)(F)F)c6)cc5)CC4)C3)CC2)C(C)(C)C)cc1. The van der Waals surface area contributed by atoms with Crippen LogP contribution in [0.4, 0.5) is 24.5 Å². The minimum atomic E-state index is -6.11. The summed E-state index contributed by atoms with van der Waals surface area (Å²) in [6, 6.07) is 31.5. The molecule has 4 saturated heterocycles. The second-order valence-electron chi connectivity index (χ2n) is 32.9. The number of carbonyl (C=O) groups excluding carboxylic acids is 5. The van der Waals surface area contributed by atoms with Crippen molar-refractivity contribution in [3.8, 4) is 10.4 Å². The second kappa shape index (κ2) is 40.0. The van der Waals surface area contributed by atoms with Crippen LogP contribution in [0.1, 0.15) is 138 Å². The van der Waals surface area contributed by atoms with Gasteiger partial charge >= 0.3 is 5.51 Å². The molecule has 5 heterocycles. The maximum absolute atomic E-state index is 14.4. The van der Waals surface area contributed by atoms with Crippen LogP contribution in [-0.2, 0) is 43.8 Å². The number of nitrogens with one attached hydrogen (secondary N) is 4. The van der Waals surface area contributed by atoms with E-state index in [1.54, 1.807) is 23.5 Å². The van der Waals surface area contributed by atoms with Gasteiger partial charge in [-0.05, 0) is 159 Å². The first-order chi connectivity index (χ1) is 55.2. The molecule has 5 amide bonds. The molecule has 5 N–H and O–H groups in total. The number of benzene rings is 5. The number of hydrogen-bond acceptors (Lipinski definition) is 20. The lowest BCUT2D eigenvalue weighted by Gasteiger charge is -2.42. The number of unbranched alkanes of at least 4 members (excludes halogenated alkanes) is 3. The predicted octanol–water partition coefficient (Wildman–Crippen LogP) is 12.0. The summed E-state index contributed by atoms with van der Waals surface area (Å²) in [6.45, 7) is 24.0. The highest BCUT2D eigenvalue weighted by atomic mass is 35.5. The number of likely N-dealkylation sites (tertiary alicyclic amines) is 1. The summed E-state index contributed by atoms with van der Waals surface area (Å²) in [5, 5.41) is 20.5. The van der Waals surface area contributed by atoms with Crippen LogP contribution < -0.4 is 25.6 Å². The van der Waals surface area contributed by atoms with Gasteiger partial charge in [-0.1, -0.05) is 112 Å². The number of thioether (sulfide) groups is 1. The zero-order valence-corrected chi connectivity index (χ0v) is 71.5. The van der Waals surface area contributed by atoms with Crippen molar-refractivity contribution < 1.29 is 63.8 Å². The number of allylic oxidation sites excluding steroid dienone is 1. The third-order valence-electron chi connectivity index (χ3n) is 22.8. The molecule has 6 atom stereocenters. The molecule has 630 valence electrons. The molecule has 11 rings (SSSR count). The van der Waals surface area contributed by atoms with Crippen molar-refractivity contribution in [1.82, 2.24) is 49.7 Å². The van der Waals surface area contributed by atoms with Gasteiger partial charge in [-0.3, -0.25) is 38.7 Å². The van der Waals surface area contributed by atoms with Crippen LogP contribution in [0.5, 0.6) is 0 Å². The van der Waals surface area contributed by atoms with Crippen molar-refractivity contribution in [2.24, 2.45) is 10.8 Å². The second-order valence-corrected chi connectivity index (χ2v) is 38.9. The Morgan fingerprint density at radius 2 is 1.44 bits per heavy atom. The fourth-order valence-corrected chi connectivity index (χ4v) is 20.1. The largest absolute Gasteiger partial charge is 0.501 e. The number of β-amino-alcohol motifs (C(OH)–C–C–N with tert-alkyl or cyclic N) is 1. The minimum Gasteiger partial charge on any atom is -0.391 e. The fraction of sp³-hybridized carbons (Fsp3) is 0.529. The lowest BCUT2D eigenvalue weighted by molar-refractivity contribution is -0.144. The molecule has 1 aromatic heterocycles. The number of amides is 5. The molecule has 5 aliphatic rings. The number of aliphatic hydroxyl groups excluding tert-OH is 1.